The summed E-state index contributed by atoms with van der Waals surface area (Å²) in [6.07, 6.45) is -0.0366. The molecule has 24 heavy (non-hydrogen) atoms. The monoisotopic (exact) mass is 404 g/mol. The van der Waals surface area contributed by atoms with E-state index in [1.54, 1.807) is 0 Å². The molecule has 12 heteroatoms. The van der Waals surface area contributed by atoms with E-state index in [0.29, 0.717) is 0 Å². The molecule has 0 aromatic rings. The second kappa shape index (κ2) is 11.1. The SMILES string of the molecule is CCC(C(S)C(=O)OCO)(C(S)C(=O)OCO)C(S)C(=O)OCO. The normalized spacial score (nSPS) is 17.1. The molecule has 3 unspecified atom stereocenters. The molecule has 3 N–H and O–H groups in total. The molecule has 0 aromatic heterocycles. The summed E-state index contributed by atoms with van der Waals surface area (Å²) in [6.45, 7) is -1.29. The lowest BCUT2D eigenvalue weighted by molar-refractivity contribution is -0.160. The largest absolute Gasteiger partial charge is 0.438 e. The average molecular weight is 404 g/mol. The number of aliphatic hydroxyl groups excluding tert-OH is 3. The predicted molar refractivity (Wildman–Crippen MR) is 90.6 cm³/mol. The van der Waals surface area contributed by atoms with E-state index in [2.05, 4.69) is 52.1 Å². The fourth-order valence-electron chi connectivity index (χ4n) is 2.11. The lowest BCUT2D eigenvalue weighted by atomic mass is 9.74. The van der Waals surface area contributed by atoms with Gasteiger partial charge in [0.05, 0.1) is 0 Å². The number of rotatable bonds is 10. The van der Waals surface area contributed by atoms with Crippen LogP contribution in [0.1, 0.15) is 13.3 Å². The standard InChI is InChI=1S/C12H20O9S3/c1-2-12(6(22)9(16)19-3-13,7(23)10(17)20-4-14)8(24)11(18)21-5-15/h6-8,13-15,22-24H,2-5H2,1H3. The van der Waals surface area contributed by atoms with Gasteiger partial charge in [0.1, 0.15) is 15.7 Å². The van der Waals surface area contributed by atoms with E-state index in [1.165, 1.54) is 6.92 Å². The van der Waals surface area contributed by atoms with Gasteiger partial charge in [0, 0.05) is 5.41 Å². The first-order valence-corrected chi connectivity index (χ1v) is 8.16. The minimum Gasteiger partial charge on any atom is -0.438 e. The van der Waals surface area contributed by atoms with Gasteiger partial charge in [-0.3, -0.25) is 14.4 Å². The van der Waals surface area contributed by atoms with Crippen LogP contribution < -0.4 is 0 Å². The molecule has 0 saturated heterocycles. The minimum atomic E-state index is -1.68. The van der Waals surface area contributed by atoms with E-state index in [9.17, 15) is 14.4 Å². The fourth-order valence-corrected chi connectivity index (χ4v) is 4.13. The molecule has 0 aliphatic heterocycles. The van der Waals surface area contributed by atoms with Gasteiger partial charge in [0.25, 0.3) is 0 Å². The Morgan fingerprint density at radius 2 is 1.04 bits per heavy atom. The summed E-state index contributed by atoms with van der Waals surface area (Å²) >= 11 is 12.3. The summed E-state index contributed by atoms with van der Waals surface area (Å²) < 4.78 is 13.4. The first-order chi connectivity index (χ1) is 11.2. The second-order valence-electron chi connectivity index (χ2n) is 4.45. The second-order valence-corrected chi connectivity index (χ2v) is 6.00. The van der Waals surface area contributed by atoms with Gasteiger partial charge in [-0.2, -0.15) is 37.9 Å². The molecule has 0 aromatic carbocycles. The molecular formula is C12H20O9S3. The Kier molecular flexibility index (Phi) is 10.7. The number of thiol groups is 3. The van der Waals surface area contributed by atoms with Crippen molar-refractivity contribution in [3.05, 3.63) is 0 Å². The number of carbonyl (C=O) groups excluding carboxylic acids is 3. The quantitative estimate of drug-likeness (QED) is 0.114. The van der Waals surface area contributed by atoms with Gasteiger partial charge >= 0.3 is 17.9 Å². The number of hydrogen-bond donors (Lipinski definition) is 6. The first kappa shape index (κ1) is 23.3. The third-order valence-electron chi connectivity index (χ3n) is 3.43. The Morgan fingerprint density at radius 3 is 1.21 bits per heavy atom. The van der Waals surface area contributed by atoms with Crippen LogP contribution >= 0.6 is 37.9 Å². The molecule has 0 radical (unpaired) electrons. The fraction of sp³-hybridized carbons (Fsp3) is 0.750. The summed E-state index contributed by atoms with van der Waals surface area (Å²) in [4.78, 5) is 36.0. The van der Waals surface area contributed by atoms with Crippen LogP contribution in [-0.2, 0) is 28.6 Å². The minimum absolute atomic E-state index is 0.0366. The Hall–Kier alpha value is -0.660. The van der Waals surface area contributed by atoms with Crippen molar-refractivity contribution in [3.63, 3.8) is 0 Å². The van der Waals surface area contributed by atoms with Crippen LogP contribution in [0.2, 0.25) is 0 Å². The van der Waals surface area contributed by atoms with Gasteiger partial charge < -0.3 is 29.5 Å². The smallest absolute Gasteiger partial charge is 0.321 e. The maximum atomic E-state index is 12.0. The van der Waals surface area contributed by atoms with Gasteiger partial charge in [0.2, 0.25) is 0 Å². The van der Waals surface area contributed by atoms with E-state index >= 15 is 0 Å². The lowest BCUT2D eigenvalue weighted by Gasteiger charge is -2.42. The van der Waals surface area contributed by atoms with Crippen LogP contribution in [0.25, 0.3) is 0 Å². The van der Waals surface area contributed by atoms with Crippen molar-refractivity contribution in [2.45, 2.75) is 29.1 Å². The van der Waals surface area contributed by atoms with Crippen molar-refractivity contribution < 1.29 is 43.9 Å². The summed E-state index contributed by atoms with van der Waals surface area (Å²) in [5, 5.41) is 21.9. The third-order valence-corrected chi connectivity index (χ3v) is 5.50. The Bertz CT molecular complexity index is 386. The Labute approximate surface area is 154 Å². The molecular weight excluding hydrogens is 384 g/mol. The van der Waals surface area contributed by atoms with Crippen LogP contribution in [0, 0.1) is 5.41 Å². The summed E-state index contributed by atoms with van der Waals surface area (Å²) in [5.41, 5.74) is -1.68. The molecule has 0 aliphatic rings. The molecule has 140 valence electrons. The summed E-state index contributed by atoms with van der Waals surface area (Å²) in [5.74, 6) is -3.10. The van der Waals surface area contributed by atoms with Crippen molar-refractivity contribution in [2.75, 3.05) is 20.4 Å². The van der Waals surface area contributed by atoms with Gasteiger partial charge in [-0.15, -0.1) is 0 Å². The van der Waals surface area contributed by atoms with Gasteiger partial charge in [0.15, 0.2) is 20.4 Å². The zero-order valence-corrected chi connectivity index (χ0v) is 15.4. The zero-order valence-electron chi connectivity index (χ0n) is 12.7. The van der Waals surface area contributed by atoms with Crippen LogP contribution in [0.4, 0.5) is 0 Å². The van der Waals surface area contributed by atoms with Crippen molar-refractivity contribution in [1.29, 1.82) is 0 Å². The van der Waals surface area contributed by atoms with E-state index in [4.69, 9.17) is 15.3 Å². The molecule has 9 nitrogen and oxygen atoms in total. The summed E-state index contributed by atoms with van der Waals surface area (Å²) in [6, 6.07) is 0. The van der Waals surface area contributed by atoms with E-state index in [1.807, 2.05) is 0 Å². The highest BCUT2D eigenvalue weighted by atomic mass is 32.1. The van der Waals surface area contributed by atoms with Crippen LogP contribution in [0.5, 0.6) is 0 Å². The zero-order chi connectivity index (χ0) is 18.9. The van der Waals surface area contributed by atoms with Crippen LogP contribution in [-0.4, -0.2) is 69.4 Å². The highest BCUT2D eigenvalue weighted by molar-refractivity contribution is 7.84. The molecule has 0 rings (SSSR count). The Morgan fingerprint density at radius 1 is 0.792 bits per heavy atom. The molecule has 0 fully saturated rings. The van der Waals surface area contributed by atoms with Crippen LogP contribution in [0.15, 0.2) is 0 Å². The maximum Gasteiger partial charge on any atom is 0.321 e. The molecule has 0 aliphatic carbocycles. The highest BCUT2D eigenvalue weighted by Crippen LogP contribution is 2.44. The molecule has 0 spiro atoms. The molecule has 0 amide bonds. The number of aliphatic hydroxyl groups is 3. The van der Waals surface area contributed by atoms with E-state index in [-0.39, 0.29) is 6.42 Å². The third kappa shape index (κ3) is 5.17. The van der Waals surface area contributed by atoms with E-state index < -0.39 is 59.5 Å². The topological polar surface area (TPSA) is 140 Å². The van der Waals surface area contributed by atoms with Gasteiger partial charge in [-0.25, -0.2) is 0 Å². The van der Waals surface area contributed by atoms with Crippen molar-refractivity contribution in [1.82, 2.24) is 0 Å². The van der Waals surface area contributed by atoms with Crippen molar-refractivity contribution in [3.8, 4) is 0 Å². The van der Waals surface area contributed by atoms with Crippen molar-refractivity contribution in [2.24, 2.45) is 5.41 Å². The maximum absolute atomic E-state index is 12.0. The number of esters is 3. The summed E-state index contributed by atoms with van der Waals surface area (Å²) in [7, 11) is 0. The Balaban J connectivity index is 5.96. The van der Waals surface area contributed by atoms with Crippen molar-refractivity contribution >= 4 is 55.8 Å². The lowest BCUT2D eigenvalue weighted by Crippen LogP contribution is -2.56. The highest BCUT2D eigenvalue weighted by Gasteiger charge is 2.56. The number of ether oxygens (including phenoxy) is 3. The average Bonchev–Trinajstić information content (AvgIpc) is 2.55. The van der Waals surface area contributed by atoms with E-state index in [0.717, 1.165) is 0 Å². The predicted octanol–water partition coefficient (Wildman–Crippen LogP) is -1.24. The number of carbonyl (C=O) groups is 3. The van der Waals surface area contributed by atoms with Gasteiger partial charge in [-0.1, -0.05) is 6.92 Å². The number of hydrogen-bond acceptors (Lipinski definition) is 12. The van der Waals surface area contributed by atoms with Crippen LogP contribution in [0.3, 0.4) is 0 Å². The molecule has 0 saturated carbocycles. The molecule has 3 atom stereocenters. The molecule has 0 heterocycles. The first-order valence-electron chi connectivity index (χ1n) is 6.61. The molecule has 0 bridgehead atoms. The van der Waals surface area contributed by atoms with Gasteiger partial charge in [-0.05, 0) is 6.42 Å².